The van der Waals surface area contributed by atoms with Gasteiger partial charge in [-0.25, -0.2) is 9.59 Å². The number of amides is 2. The maximum atomic E-state index is 11.6. The summed E-state index contributed by atoms with van der Waals surface area (Å²) in [6.45, 7) is 0.0956. The molecule has 0 aliphatic heterocycles. The van der Waals surface area contributed by atoms with E-state index < -0.39 is 12.0 Å². The first-order chi connectivity index (χ1) is 8.07. The Labute approximate surface area is 99.0 Å². The smallest absolute Gasteiger partial charge is 0.337 e. The number of urea groups is 1. The highest BCUT2D eigenvalue weighted by Gasteiger charge is 2.16. The number of rotatable bonds is 3. The maximum Gasteiger partial charge on any atom is 0.337 e. The Bertz CT molecular complexity index is 477. The van der Waals surface area contributed by atoms with Crippen LogP contribution in [-0.2, 0) is 0 Å². The van der Waals surface area contributed by atoms with Gasteiger partial charge in [-0.15, -0.1) is 6.42 Å². The molecule has 0 saturated carbocycles. The number of nitrogens with one attached hydrogen (secondary N) is 1. The zero-order valence-electron chi connectivity index (χ0n) is 9.30. The van der Waals surface area contributed by atoms with Gasteiger partial charge in [0, 0.05) is 7.05 Å². The number of carbonyl (C=O) groups is 2. The number of carboxylic acids is 1. The minimum Gasteiger partial charge on any atom is -0.478 e. The van der Waals surface area contributed by atoms with E-state index in [0.717, 1.165) is 0 Å². The van der Waals surface area contributed by atoms with Crippen molar-refractivity contribution in [1.29, 1.82) is 0 Å². The van der Waals surface area contributed by atoms with Gasteiger partial charge in [-0.3, -0.25) is 4.90 Å². The van der Waals surface area contributed by atoms with Crippen molar-refractivity contribution >= 4 is 17.7 Å². The molecular formula is C12H12N2O3. The van der Waals surface area contributed by atoms with Crippen LogP contribution in [0, 0.1) is 12.3 Å². The fourth-order valence-corrected chi connectivity index (χ4v) is 1.30. The van der Waals surface area contributed by atoms with Crippen molar-refractivity contribution in [1.82, 2.24) is 5.32 Å². The second kappa shape index (κ2) is 5.56. The van der Waals surface area contributed by atoms with Crippen molar-refractivity contribution in [3.8, 4) is 12.3 Å². The fraction of sp³-hybridized carbons (Fsp3) is 0.167. The summed E-state index contributed by atoms with van der Waals surface area (Å²) < 4.78 is 0. The second-order valence-corrected chi connectivity index (χ2v) is 3.24. The number of carbonyl (C=O) groups excluding carboxylic acids is 1. The molecule has 0 unspecified atom stereocenters. The number of nitrogens with zero attached hydrogens (tertiary/aromatic N) is 1. The Morgan fingerprint density at radius 3 is 2.71 bits per heavy atom. The SMILES string of the molecule is C#CCNC(=O)N(C)c1ccccc1C(=O)O. The molecule has 0 saturated heterocycles. The van der Waals surface area contributed by atoms with Crippen LogP contribution in [0.2, 0.25) is 0 Å². The Morgan fingerprint density at radius 2 is 2.12 bits per heavy atom. The van der Waals surface area contributed by atoms with Crippen molar-refractivity contribution in [2.45, 2.75) is 0 Å². The molecule has 0 atom stereocenters. The van der Waals surface area contributed by atoms with Gasteiger partial charge in [0.2, 0.25) is 0 Å². The lowest BCUT2D eigenvalue weighted by molar-refractivity contribution is 0.0697. The van der Waals surface area contributed by atoms with Crippen LogP contribution in [0.1, 0.15) is 10.4 Å². The summed E-state index contributed by atoms with van der Waals surface area (Å²) in [5.74, 6) is 1.18. The summed E-state index contributed by atoms with van der Waals surface area (Å²) >= 11 is 0. The number of hydrogen-bond donors (Lipinski definition) is 2. The third-order valence-electron chi connectivity index (χ3n) is 2.14. The number of para-hydroxylation sites is 1. The standard InChI is InChI=1S/C12H12N2O3/c1-3-8-13-12(17)14(2)10-7-5-4-6-9(10)11(15)16/h1,4-7H,8H2,2H3,(H,13,17)(H,15,16). The third-order valence-corrected chi connectivity index (χ3v) is 2.14. The quantitative estimate of drug-likeness (QED) is 0.768. The van der Waals surface area contributed by atoms with E-state index in [9.17, 15) is 9.59 Å². The van der Waals surface area contributed by atoms with E-state index in [2.05, 4.69) is 11.2 Å². The highest BCUT2D eigenvalue weighted by molar-refractivity contribution is 6.01. The molecule has 1 aromatic carbocycles. The van der Waals surface area contributed by atoms with Gasteiger partial charge in [0.25, 0.3) is 0 Å². The van der Waals surface area contributed by atoms with E-state index in [1.807, 2.05) is 0 Å². The molecular weight excluding hydrogens is 220 g/mol. The van der Waals surface area contributed by atoms with Crippen LogP contribution in [0.5, 0.6) is 0 Å². The number of anilines is 1. The lowest BCUT2D eigenvalue weighted by atomic mass is 10.1. The molecule has 88 valence electrons. The topological polar surface area (TPSA) is 69.6 Å². The summed E-state index contributed by atoms with van der Waals surface area (Å²) in [4.78, 5) is 23.8. The minimum atomic E-state index is -1.09. The van der Waals surface area contributed by atoms with Crippen molar-refractivity contribution in [2.75, 3.05) is 18.5 Å². The number of benzene rings is 1. The van der Waals surface area contributed by atoms with E-state index >= 15 is 0 Å². The molecule has 5 nitrogen and oxygen atoms in total. The van der Waals surface area contributed by atoms with Crippen molar-refractivity contribution in [3.63, 3.8) is 0 Å². The molecule has 0 heterocycles. The number of carboxylic acid groups (broad SMARTS) is 1. The van der Waals surface area contributed by atoms with Gasteiger partial charge in [-0.05, 0) is 12.1 Å². The zero-order chi connectivity index (χ0) is 12.8. The molecule has 0 radical (unpaired) electrons. The van der Waals surface area contributed by atoms with Gasteiger partial charge in [0.05, 0.1) is 17.8 Å². The summed E-state index contributed by atoms with van der Waals surface area (Å²) in [5.41, 5.74) is 0.375. The molecule has 2 amide bonds. The molecule has 0 bridgehead atoms. The Hall–Kier alpha value is -2.48. The molecule has 1 rings (SSSR count). The first-order valence-corrected chi connectivity index (χ1v) is 4.85. The Balaban J connectivity index is 2.96. The van der Waals surface area contributed by atoms with Crippen LogP contribution in [0.15, 0.2) is 24.3 Å². The van der Waals surface area contributed by atoms with Crippen molar-refractivity contribution < 1.29 is 14.7 Å². The Kier molecular flexibility index (Phi) is 4.12. The lowest BCUT2D eigenvalue weighted by Gasteiger charge is -2.19. The highest BCUT2D eigenvalue weighted by atomic mass is 16.4. The van der Waals surface area contributed by atoms with Gasteiger partial charge >= 0.3 is 12.0 Å². The molecule has 0 aliphatic carbocycles. The average molecular weight is 232 g/mol. The molecule has 2 N–H and O–H groups in total. The number of hydrogen-bond acceptors (Lipinski definition) is 2. The van der Waals surface area contributed by atoms with Crippen LogP contribution < -0.4 is 10.2 Å². The van der Waals surface area contributed by atoms with Gasteiger partial charge in [0.15, 0.2) is 0 Å². The summed E-state index contributed by atoms with van der Waals surface area (Å²) in [7, 11) is 1.48. The highest BCUT2D eigenvalue weighted by Crippen LogP contribution is 2.18. The van der Waals surface area contributed by atoms with Gasteiger partial charge in [-0.2, -0.15) is 0 Å². The molecule has 0 spiro atoms. The lowest BCUT2D eigenvalue weighted by Crippen LogP contribution is -2.38. The molecule has 0 aromatic heterocycles. The van der Waals surface area contributed by atoms with E-state index in [1.165, 1.54) is 18.0 Å². The third kappa shape index (κ3) is 2.98. The first-order valence-electron chi connectivity index (χ1n) is 4.85. The molecule has 1 aromatic rings. The normalized spacial score (nSPS) is 9.18. The number of terminal acetylenes is 1. The molecule has 5 heteroatoms. The van der Waals surface area contributed by atoms with Crippen molar-refractivity contribution in [2.24, 2.45) is 0 Å². The maximum absolute atomic E-state index is 11.6. The van der Waals surface area contributed by atoms with E-state index in [0.29, 0.717) is 5.69 Å². The van der Waals surface area contributed by atoms with Crippen LogP contribution >= 0.6 is 0 Å². The van der Waals surface area contributed by atoms with Crippen LogP contribution in [0.4, 0.5) is 10.5 Å². The fourth-order valence-electron chi connectivity index (χ4n) is 1.30. The Morgan fingerprint density at radius 1 is 1.47 bits per heavy atom. The van der Waals surface area contributed by atoms with E-state index in [1.54, 1.807) is 18.2 Å². The van der Waals surface area contributed by atoms with Crippen LogP contribution in [0.3, 0.4) is 0 Å². The summed E-state index contributed by atoms with van der Waals surface area (Å²) in [6, 6.07) is 5.80. The predicted molar refractivity (Wildman–Crippen MR) is 64.0 cm³/mol. The molecule has 17 heavy (non-hydrogen) atoms. The number of aromatic carboxylic acids is 1. The van der Waals surface area contributed by atoms with Crippen molar-refractivity contribution in [3.05, 3.63) is 29.8 Å². The van der Waals surface area contributed by atoms with Crippen LogP contribution in [-0.4, -0.2) is 30.7 Å². The van der Waals surface area contributed by atoms with Crippen LogP contribution in [0.25, 0.3) is 0 Å². The second-order valence-electron chi connectivity index (χ2n) is 3.24. The van der Waals surface area contributed by atoms with E-state index in [4.69, 9.17) is 11.5 Å². The summed E-state index contributed by atoms with van der Waals surface area (Å²) in [5, 5.41) is 11.4. The minimum absolute atomic E-state index is 0.0610. The van der Waals surface area contributed by atoms with Gasteiger partial charge < -0.3 is 10.4 Å². The summed E-state index contributed by atoms with van der Waals surface area (Å²) in [6.07, 6.45) is 5.02. The largest absolute Gasteiger partial charge is 0.478 e. The average Bonchev–Trinajstić information content (AvgIpc) is 2.34. The van der Waals surface area contributed by atoms with Gasteiger partial charge in [0.1, 0.15) is 0 Å². The van der Waals surface area contributed by atoms with Gasteiger partial charge in [-0.1, -0.05) is 18.1 Å². The first kappa shape index (κ1) is 12.6. The van der Waals surface area contributed by atoms with E-state index in [-0.39, 0.29) is 12.1 Å². The molecule has 0 aliphatic rings. The monoisotopic (exact) mass is 232 g/mol. The molecule has 0 fully saturated rings. The predicted octanol–water partition coefficient (Wildman–Crippen LogP) is 1.16. The zero-order valence-corrected chi connectivity index (χ0v) is 9.30.